The van der Waals surface area contributed by atoms with Gasteiger partial charge in [-0.15, -0.1) is 0 Å². The van der Waals surface area contributed by atoms with E-state index in [-0.39, 0.29) is 11.7 Å². The first-order valence-corrected chi connectivity index (χ1v) is 8.46. The van der Waals surface area contributed by atoms with Gasteiger partial charge in [-0.05, 0) is 48.7 Å². The summed E-state index contributed by atoms with van der Waals surface area (Å²) in [6.07, 6.45) is 2.36. The van der Waals surface area contributed by atoms with Crippen LogP contribution in [0.4, 0.5) is 5.95 Å². The van der Waals surface area contributed by atoms with Crippen LogP contribution in [-0.4, -0.2) is 20.6 Å². The van der Waals surface area contributed by atoms with Crippen LogP contribution in [-0.2, 0) is 6.42 Å². The lowest BCUT2D eigenvalue weighted by molar-refractivity contribution is 0.0987. The lowest BCUT2D eigenvalue weighted by Gasteiger charge is -2.10. The molecule has 2 heterocycles. The Kier molecular flexibility index (Phi) is 4.01. The molecule has 0 aliphatic heterocycles. The van der Waals surface area contributed by atoms with Crippen LogP contribution in [0.15, 0.2) is 59.3 Å². The van der Waals surface area contributed by atoms with Gasteiger partial charge in [-0.1, -0.05) is 30.3 Å². The highest BCUT2D eigenvalue weighted by Gasteiger charge is 2.18. The van der Waals surface area contributed by atoms with Crippen molar-refractivity contribution in [3.63, 3.8) is 0 Å². The van der Waals surface area contributed by atoms with Gasteiger partial charge in [0.25, 0.3) is 5.91 Å². The molecule has 0 unspecified atom stereocenters. The highest BCUT2D eigenvalue weighted by atomic mass is 16.5. The Morgan fingerprint density at radius 2 is 2.08 bits per heavy atom. The van der Waals surface area contributed by atoms with Crippen molar-refractivity contribution in [2.45, 2.75) is 20.3 Å². The second-order valence-corrected chi connectivity index (χ2v) is 6.12. The number of anilines is 1. The van der Waals surface area contributed by atoms with E-state index in [1.165, 1.54) is 17.8 Å². The van der Waals surface area contributed by atoms with E-state index in [9.17, 15) is 4.79 Å². The monoisotopic (exact) mass is 346 g/mol. The van der Waals surface area contributed by atoms with E-state index >= 15 is 0 Å². The molecule has 26 heavy (non-hydrogen) atoms. The summed E-state index contributed by atoms with van der Waals surface area (Å²) in [7, 11) is 0. The van der Waals surface area contributed by atoms with E-state index < -0.39 is 0 Å². The Hall–Kier alpha value is -3.41. The van der Waals surface area contributed by atoms with Crippen molar-refractivity contribution in [1.29, 1.82) is 0 Å². The third kappa shape index (κ3) is 2.86. The molecule has 0 aliphatic carbocycles. The number of rotatable bonds is 4. The molecule has 4 aromatic rings. The average Bonchev–Trinajstić information content (AvgIpc) is 3.28. The topological polar surface area (TPSA) is 73.0 Å². The van der Waals surface area contributed by atoms with Gasteiger partial charge in [-0.2, -0.15) is 0 Å². The Labute approximate surface area is 150 Å². The van der Waals surface area contributed by atoms with Crippen molar-refractivity contribution in [2.75, 3.05) is 5.32 Å². The van der Waals surface area contributed by atoms with E-state index in [1.807, 2.05) is 41.8 Å². The SMILES string of the molecule is CCc1ccc2c(c1)nc(NC(=O)c1ccno1)n2-c1cccc(C)c1. The molecule has 4 rings (SSSR count). The summed E-state index contributed by atoms with van der Waals surface area (Å²) < 4.78 is 6.88. The molecule has 0 fully saturated rings. The molecule has 0 atom stereocenters. The van der Waals surface area contributed by atoms with Crippen molar-refractivity contribution in [2.24, 2.45) is 0 Å². The van der Waals surface area contributed by atoms with Crippen LogP contribution in [0.3, 0.4) is 0 Å². The maximum Gasteiger partial charge on any atom is 0.296 e. The minimum Gasteiger partial charge on any atom is -0.351 e. The van der Waals surface area contributed by atoms with Crippen LogP contribution in [0.1, 0.15) is 28.6 Å². The molecular formula is C20H18N4O2. The van der Waals surface area contributed by atoms with E-state index in [4.69, 9.17) is 4.52 Å². The predicted octanol–water partition coefficient (Wildman–Crippen LogP) is 4.14. The van der Waals surface area contributed by atoms with Crippen LogP contribution in [0.25, 0.3) is 16.7 Å². The lowest BCUT2D eigenvalue weighted by Crippen LogP contribution is -2.15. The van der Waals surface area contributed by atoms with Crippen LogP contribution in [0.2, 0.25) is 0 Å². The number of carbonyl (C=O) groups excluding carboxylic acids is 1. The fourth-order valence-corrected chi connectivity index (χ4v) is 2.95. The Morgan fingerprint density at radius 3 is 2.81 bits per heavy atom. The summed E-state index contributed by atoms with van der Waals surface area (Å²) in [5.41, 5.74) is 5.02. The van der Waals surface area contributed by atoms with E-state index in [0.29, 0.717) is 5.95 Å². The number of nitrogens with one attached hydrogen (secondary N) is 1. The molecule has 1 amide bonds. The lowest BCUT2D eigenvalue weighted by atomic mass is 10.1. The van der Waals surface area contributed by atoms with Crippen LogP contribution >= 0.6 is 0 Å². The third-order valence-corrected chi connectivity index (χ3v) is 4.27. The summed E-state index contributed by atoms with van der Waals surface area (Å²) >= 11 is 0. The van der Waals surface area contributed by atoms with Gasteiger partial charge in [-0.3, -0.25) is 14.7 Å². The number of nitrogens with zero attached hydrogens (tertiary/aromatic N) is 3. The van der Waals surface area contributed by atoms with Gasteiger partial charge < -0.3 is 4.52 Å². The first-order valence-electron chi connectivity index (χ1n) is 8.46. The average molecular weight is 346 g/mol. The quantitative estimate of drug-likeness (QED) is 0.603. The normalized spacial score (nSPS) is 11.0. The minimum absolute atomic E-state index is 0.141. The summed E-state index contributed by atoms with van der Waals surface area (Å²) in [6, 6.07) is 15.7. The van der Waals surface area contributed by atoms with Crippen molar-refractivity contribution in [3.8, 4) is 5.69 Å². The first-order chi connectivity index (χ1) is 12.7. The van der Waals surface area contributed by atoms with Crippen LogP contribution in [0.5, 0.6) is 0 Å². The number of aromatic nitrogens is 3. The van der Waals surface area contributed by atoms with Crippen molar-refractivity contribution >= 4 is 22.9 Å². The van der Waals surface area contributed by atoms with Crippen LogP contribution in [0, 0.1) is 6.92 Å². The van der Waals surface area contributed by atoms with Crippen molar-refractivity contribution < 1.29 is 9.32 Å². The zero-order valence-corrected chi connectivity index (χ0v) is 14.6. The number of amides is 1. The van der Waals surface area contributed by atoms with Crippen molar-refractivity contribution in [1.82, 2.24) is 14.7 Å². The first kappa shape index (κ1) is 16.1. The minimum atomic E-state index is -0.387. The Balaban J connectivity index is 1.87. The molecule has 0 bridgehead atoms. The smallest absolute Gasteiger partial charge is 0.296 e. The molecule has 0 saturated carbocycles. The van der Waals surface area contributed by atoms with Crippen LogP contribution < -0.4 is 5.32 Å². The number of imidazole rings is 1. The number of hydrogen-bond acceptors (Lipinski definition) is 4. The summed E-state index contributed by atoms with van der Waals surface area (Å²) in [5.74, 6) is 0.199. The third-order valence-electron chi connectivity index (χ3n) is 4.27. The van der Waals surface area contributed by atoms with Gasteiger partial charge in [0.1, 0.15) is 0 Å². The molecule has 2 aromatic carbocycles. The Morgan fingerprint density at radius 1 is 1.19 bits per heavy atom. The number of fused-ring (bicyclic) bond motifs is 1. The van der Waals surface area contributed by atoms with Crippen molar-refractivity contribution in [3.05, 3.63) is 71.6 Å². The fourth-order valence-electron chi connectivity index (χ4n) is 2.95. The van der Waals surface area contributed by atoms with Gasteiger partial charge in [-0.25, -0.2) is 4.98 Å². The second-order valence-electron chi connectivity index (χ2n) is 6.12. The molecule has 1 N–H and O–H groups in total. The molecule has 2 aromatic heterocycles. The molecule has 0 saturated heterocycles. The number of benzene rings is 2. The second kappa shape index (κ2) is 6.48. The van der Waals surface area contributed by atoms with Gasteiger partial charge in [0.05, 0.1) is 17.2 Å². The maximum absolute atomic E-state index is 12.4. The van der Waals surface area contributed by atoms with E-state index in [2.05, 4.69) is 34.5 Å². The van der Waals surface area contributed by atoms with E-state index in [1.54, 1.807) is 0 Å². The summed E-state index contributed by atoms with van der Waals surface area (Å²) in [4.78, 5) is 17.1. The number of hydrogen-bond donors (Lipinski definition) is 1. The van der Waals surface area contributed by atoms with Gasteiger partial charge in [0.15, 0.2) is 0 Å². The molecule has 6 nitrogen and oxygen atoms in total. The zero-order chi connectivity index (χ0) is 18.1. The molecule has 6 heteroatoms. The van der Waals surface area contributed by atoms with E-state index in [0.717, 1.165) is 28.7 Å². The molecule has 0 spiro atoms. The standard InChI is InChI=1S/C20H18N4O2/c1-3-14-7-8-17-16(12-14)22-20(23-19(25)18-9-10-21-26-18)24(17)15-6-4-5-13(2)11-15/h4-12H,3H2,1-2H3,(H,22,23,25). The predicted molar refractivity (Wildman–Crippen MR) is 99.6 cm³/mol. The molecule has 0 radical (unpaired) electrons. The Bertz CT molecular complexity index is 1080. The highest BCUT2D eigenvalue weighted by molar-refractivity contribution is 6.02. The number of carbonyl (C=O) groups is 1. The summed E-state index contributed by atoms with van der Waals surface area (Å²) in [6.45, 7) is 4.13. The highest BCUT2D eigenvalue weighted by Crippen LogP contribution is 2.26. The maximum atomic E-state index is 12.4. The fraction of sp³-hybridized carbons (Fsp3) is 0.150. The van der Waals surface area contributed by atoms with Gasteiger partial charge in [0, 0.05) is 11.8 Å². The summed E-state index contributed by atoms with van der Waals surface area (Å²) in [5, 5.41) is 6.42. The zero-order valence-electron chi connectivity index (χ0n) is 14.6. The molecule has 130 valence electrons. The largest absolute Gasteiger partial charge is 0.351 e. The van der Waals surface area contributed by atoms with Gasteiger partial charge >= 0.3 is 0 Å². The molecular weight excluding hydrogens is 328 g/mol. The van der Waals surface area contributed by atoms with Gasteiger partial charge in [0.2, 0.25) is 11.7 Å². The number of aryl methyl sites for hydroxylation is 2. The molecule has 0 aliphatic rings.